The zero-order valence-electron chi connectivity index (χ0n) is 13.0. The lowest BCUT2D eigenvalue weighted by molar-refractivity contribution is 1.39. The Morgan fingerprint density at radius 3 is 2.26 bits per heavy atom. The van der Waals surface area contributed by atoms with Crippen LogP contribution in [0.1, 0.15) is 17.5 Å². The molecule has 0 heterocycles. The van der Waals surface area contributed by atoms with Gasteiger partial charge in [0.2, 0.25) is 0 Å². The highest BCUT2D eigenvalue weighted by Crippen LogP contribution is 2.22. The summed E-state index contributed by atoms with van der Waals surface area (Å²) < 4.78 is 0. The maximum absolute atomic E-state index is 8.83. The van der Waals surface area contributed by atoms with E-state index in [2.05, 4.69) is 36.9 Å². The minimum absolute atomic E-state index is 0.774. The second-order valence-electron chi connectivity index (χ2n) is 5.05. The molecule has 2 aromatic carbocycles. The predicted octanol–water partition coefficient (Wildman–Crippen LogP) is 5.81. The monoisotopic (exact) mass is 297 g/mol. The maximum Gasteiger partial charge on any atom is 0.0912 e. The lowest BCUT2D eigenvalue weighted by Crippen LogP contribution is -1.85. The molecular weight excluding hydrogens is 278 g/mol. The van der Waals surface area contributed by atoms with Crippen molar-refractivity contribution in [3.63, 3.8) is 0 Å². The average Bonchev–Trinajstić information content (AvgIpc) is 2.61. The zero-order chi connectivity index (χ0) is 16.3. The third kappa shape index (κ3) is 5.30. The lowest BCUT2D eigenvalue weighted by atomic mass is 9.99. The van der Waals surface area contributed by atoms with Crippen molar-refractivity contribution in [3.05, 3.63) is 108 Å². The van der Waals surface area contributed by atoms with Crippen LogP contribution in [0.3, 0.4) is 0 Å². The fraction of sp³-hybridized carbons (Fsp3) is 0.0455. The minimum Gasteiger partial charge on any atom is -0.193 e. The Morgan fingerprint density at radius 2 is 1.65 bits per heavy atom. The van der Waals surface area contributed by atoms with Crippen molar-refractivity contribution >= 4 is 11.6 Å². The van der Waals surface area contributed by atoms with Crippen LogP contribution in [0, 0.1) is 11.3 Å². The first kappa shape index (κ1) is 16.3. The standard InChI is InChI=1S/C22H19N/c1-2-10-22(21-14-7-4-8-15-21)18-20(13-9-16-23)17-19-11-5-3-6-12-19/h2-9,11-15,17-18H,1,10H2. The SMILES string of the molecule is C=CCC(=CC(C=CC#N)=Cc1ccccc1)c1ccccc1. The molecule has 0 fully saturated rings. The third-order valence-electron chi connectivity index (χ3n) is 3.33. The first-order valence-corrected chi connectivity index (χ1v) is 7.53. The van der Waals surface area contributed by atoms with E-state index in [1.165, 1.54) is 11.6 Å². The Morgan fingerprint density at radius 1 is 1.00 bits per heavy atom. The quantitative estimate of drug-likeness (QED) is 0.375. The summed E-state index contributed by atoms with van der Waals surface area (Å²) in [4.78, 5) is 0. The fourth-order valence-corrected chi connectivity index (χ4v) is 2.28. The van der Waals surface area contributed by atoms with Crippen LogP contribution in [0.25, 0.3) is 11.6 Å². The van der Waals surface area contributed by atoms with Crippen LogP contribution in [-0.2, 0) is 0 Å². The third-order valence-corrected chi connectivity index (χ3v) is 3.33. The van der Waals surface area contributed by atoms with E-state index in [1.807, 2.05) is 60.7 Å². The molecule has 1 heteroatoms. The number of hydrogen-bond donors (Lipinski definition) is 0. The highest BCUT2D eigenvalue weighted by Gasteiger charge is 2.00. The molecule has 0 aliphatic carbocycles. The van der Waals surface area contributed by atoms with E-state index in [0.29, 0.717) is 0 Å². The van der Waals surface area contributed by atoms with Crippen LogP contribution in [0.2, 0.25) is 0 Å². The summed E-state index contributed by atoms with van der Waals surface area (Å²) in [5.41, 5.74) is 4.42. The number of rotatable bonds is 6. The van der Waals surface area contributed by atoms with Crippen LogP contribution in [0.5, 0.6) is 0 Å². The molecule has 0 atom stereocenters. The van der Waals surface area contributed by atoms with Crippen LogP contribution in [-0.4, -0.2) is 0 Å². The van der Waals surface area contributed by atoms with Gasteiger partial charge in [0.1, 0.15) is 0 Å². The summed E-state index contributed by atoms with van der Waals surface area (Å²) >= 11 is 0. The van der Waals surface area contributed by atoms with Gasteiger partial charge in [0.25, 0.3) is 0 Å². The van der Waals surface area contributed by atoms with Crippen molar-refractivity contribution in [3.8, 4) is 6.07 Å². The lowest BCUT2D eigenvalue weighted by Gasteiger charge is -2.06. The van der Waals surface area contributed by atoms with Crippen LogP contribution < -0.4 is 0 Å². The molecule has 0 unspecified atom stereocenters. The highest BCUT2D eigenvalue weighted by atomic mass is 14.2. The number of allylic oxidation sites excluding steroid dienone is 6. The Bertz CT molecular complexity index is 757. The Balaban J connectivity index is 2.45. The van der Waals surface area contributed by atoms with Crippen molar-refractivity contribution in [2.45, 2.75) is 6.42 Å². The summed E-state index contributed by atoms with van der Waals surface area (Å²) in [7, 11) is 0. The Labute approximate surface area is 138 Å². The van der Waals surface area contributed by atoms with Gasteiger partial charge in [-0.25, -0.2) is 0 Å². The van der Waals surface area contributed by atoms with Gasteiger partial charge in [-0.3, -0.25) is 0 Å². The molecule has 23 heavy (non-hydrogen) atoms. The Hall–Kier alpha value is -3.11. The molecule has 2 rings (SSSR count). The first-order chi connectivity index (χ1) is 11.3. The molecule has 0 radical (unpaired) electrons. The molecular formula is C22H19N. The minimum atomic E-state index is 0.774. The molecule has 0 spiro atoms. The van der Waals surface area contributed by atoms with Gasteiger partial charge in [-0.15, -0.1) is 6.58 Å². The smallest absolute Gasteiger partial charge is 0.0912 e. The van der Waals surface area contributed by atoms with E-state index in [4.69, 9.17) is 5.26 Å². The number of benzene rings is 2. The molecule has 0 aliphatic rings. The molecule has 0 saturated carbocycles. The van der Waals surface area contributed by atoms with E-state index < -0.39 is 0 Å². The van der Waals surface area contributed by atoms with Gasteiger partial charge >= 0.3 is 0 Å². The molecule has 0 aliphatic heterocycles. The van der Waals surface area contributed by atoms with Crippen molar-refractivity contribution in [1.82, 2.24) is 0 Å². The van der Waals surface area contributed by atoms with E-state index in [1.54, 1.807) is 0 Å². The molecule has 0 amide bonds. The van der Waals surface area contributed by atoms with E-state index >= 15 is 0 Å². The second kappa shape index (κ2) is 9.02. The summed E-state index contributed by atoms with van der Waals surface area (Å²) in [5, 5.41) is 8.83. The van der Waals surface area contributed by atoms with Crippen molar-refractivity contribution in [2.75, 3.05) is 0 Å². The van der Waals surface area contributed by atoms with Crippen molar-refractivity contribution in [2.24, 2.45) is 0 Å². The van der Waals surface area contributed by atoms with Crippen molar-refractivity contribution < 1.29 is 0 Å². The molecule has 2 aromatic rings. The topological polar surface area (TPSA) is 23.8 Å². The molecule has 0 saturated heterocycles. The van der Waals surface area contributed by atoms with Gasteiger partial charge in [0.05, 0.1) is 6.07 Å². The van der Waals surface area contributed by atoms with Gasteiger partial charge in [-0.1, -0.05) is 72.8 Å². The van der Waals surface area contributed by atoms with Gasteiger partial charge in [0, 0.05) is 6.08 Å². The van der Waals surface area contributed by atoms with E-state index in [0.717, 1.165) is 23.1 Å². The van der Waals surface area contributed by atoms with E-state index in [9.17, 15) is 0 Å². The summed E-state index contributed by atoms with van der Waals surface area (Å²) in [6.45, 7) is 3.85. The van der Waals surface area contributed by atoms with Crippen LogP contribution >= 0.6 is 0 Å². The van der Waals surface area contributed by atoms with Gasteiger partial charge in [-0.2, -0.15) is 5.26 Å². The fourth-order valence-electron chi connectivity index (χ4n) is 2.28. The van der Waals surface area contributed by atoms with Crippen LogP contribution in [0.15, 0.2) is 97.1 Å². The molecule has 112 valence electrons. The van der Waals surface area contributed by atoms with Gasteiger partial charge in [0.15, 0.2) is 0 Å². The Kier molecular flexibility index (Phi) is 6.38. The first-order valence-electron chi connectivity index (χ1n) is 7.53. The van der Waals surface area contributed by atoms with Crippen LogP contribution in [0.4, 0.5) is 0 Å². The van der Waals surface area contributed by atoms with Gasteiger partial charge in [-0.05, 0) is 40.8 Å². The summed E-state index contributed by atoms with van der Waals surface area (Å²) in [6.07, 6.45) is 10.2. The molecule has 0 bridgehead atoms. The second-order valence-corrected chi connectivity index (χ2v) is 5.05. The summed E-state index contributed by atoms with van der Waals surface area (Å²) in [6, 6.07) is 22.4. The van der Waals surface area contributed by atoms with Crippen molar-refractivity contribution in [1.29, 1.82) is 5.26 Å². The van der Waals surface area contributed by atoms with Gasteiger partial charge < -0.3 is 0 Å². The molecule has 0 N–H and O–H groups in total. The average molecular weight is 297 g/mol. The molecule has 1 nitrogen and oxygen atoms in total. The van der Waals surface area contributed by atoms with E-state index in [-0.39, 0.29) is 0 Å². The normalized spacial score (nSPS) is 12.1. The largest absolute Gasteiger partial charge is 0.193 e. The number of nitriles is 1. The zero-order valence-corrected chi connectivity index (χ0v) is 13.0. The molecule has 0 aromatic heterocycles. The highest BCUT2D eigenvalue weighted by molar-refractivity contribution is 5.73. The number of hydrogen-bond acceptors (Lipinski definition) is 1. The maximum atomic E-state index is 8.83. The number of nitrogens with zero attached hydrogens (tertiary/aromatic N) is 1. The predicted molar refractivity (Wildman–Crippen MR) is 98.4 cm³/mol. The summed E-state index contributed by atoms with van der Waals surface area (Å²) in [5.74, 6) is 0.